The lowest BCUT2D eigenvalue weighted by Crippen LogP contribution is -2.41. The summed E-state index contributed by atoms with van der Waals surface area (Å²) in [6, 6.07) is 16.9. The van der Waals surface area contributed by atoms with Gasteiger partial charge in [-0.15, -0.1) is 0 Å². The first kappa shape index (κ1) is 21.8. The van der Waals surface area contributed by atoms with Gasteiger partial charge in [0.15, 0.2) is 11.4 Å². The van der Waals surface area contributed by atoms with Gasteiger partial charge in [0.25, 0.3) is 5.91 Å². The molecule has 0 aliphatic carbocycles. The first-order valence-electron chi connectivity index (χ1n) is 10.8. The Bertz CT molecular complexity index is 1180. The molecule has 1 aliphatic heterocycles. The van der Waals surface area contributed by atoms with Crippen molar-refractivity contribution in [2.24, 2.45) is 0 Å². The third-order valence-electron chi connectivity index (χ3n) is 6.01. The number of ketones is 1. The van der Waals surface area contributed by atoms with E-state index in [0.29, 0.717) is 29.5 Å². The van der Waals surface area contributed by atoms with Gasteiger partial charge in [0.05, 0.1) is 24.9 Å². The number of hydrogen-bond donors (Lipinski definition) is 1. The number of allylic oxidation sites excluding steroid dienone is 1. The molecule has 2 aromatic carbocycles. The number of aliphatic hydroxyl groups is 1. The summed E-state index contributed by atoms with van der Waals surface area (Å²) >= 11 is 0. The van der Waals surface area contributed by atoms with E-state index >= 15 is 0 Å². The number of anilines is 1. The summed E-state index contributed by atoms with van der Waals surface area (Å²) in [6.07, 6.45) is 4.06. The molecule has 1 N–H and O–H groups in total. The number of amides is 1. The lowest BCUT2D eigenvalue weighted by atomic mass is 9.90. The average Bonchev–Trinajstić information content (AvgIpc) is 3.36. The molecule has 5 heteroatoms. The van der Waals surface area contributed by atoms with Crippen LogP contribution in [0, 0.1) is 6.92 Å². The highest BCUT2D eigenvalue weighted by Gasteiger charge is 2.50. The predicted octanol–water partition coefficient (Wildman–Crippen LogP) is 5.12. The fraction of sp³-hybridized carbons (Fsp3) is 0.259. The van der Waals surface area contributed by atoms with Crippen molar-refractivity contribution >= 4 is 23.5 Å². The number of para-hydroxylation sites is 1. The van der Waals surface area contributed by atoms with Gasteiger partial charge in [-0.1, -0.05) is 50.2 Å². The molecule has 32 heavy (non-hydrogen) atoms. The van der Waals surface area contributed by atoms with Gasteiger partial charge < -0.3 is 14.4 Å². The molecule has 1 atom stereocenters. The maximum absolute atomic E-state index is 13.5. The fourth-order valence-corrected chi connectivity index (χ4v) is 4.10. The van der Waals surface area contributed by atoms with E-state index in [2.05, 4.69) is 32.0 Å². The maximum Gasteiger partial charge on any atom is 0.264 e. The first-order chi connectivity index (χ1) is 15.3. The van der Waals surface area contributed by atoms with Crippen LogP contribution in [-0.2, 0) is 21.7 Å². The van der Waals surface area contributed by atoms with E-state index in [4.69, 9.17) is 4.42 Å². The first-order valence-corrected chi connectivity index (χ1v) is 10.8. The van der Waals surface area contributed by atoms with Gasteiger partial charge in [-0.05, 0) is 59.9 Å². The van der Waals surface area contributed by atoms with Gasteiger partial charge in [0, 0.05) is 5.56 Å². The number of carbonyl (C=O) groups is 2. The van der Waals surface area contributed by atoms with Crippen molar-refractivity contribution in [1.29, 1.82) is 0 Å². The molecule has 5 nitrogen and oxygen atoms in total. The lowest BCUT2D eigenvalue weighted by Gasteiger charge is -2.23. The van der Waals surface area contributed by atoms with Crippen LogP contribution in [0.5, 0.6) is 0 Å². The van der Waals surface area contributed by atoms with Crippen molar-refractivity contribution in [3.05, 3.63) is 95.0 Å². The van der Waals surface area contributed by atoms with Crippen molar-refractivity contribution in [3.8, 4) is 0 Å². The number of carbonyl (C=O) groups excluding carboxylic acids is 2. The number of hydrogen-bond acceptors (Lipinski definition) is 4. The molecular formula is C27H27NO4. The molecule has 164 valence electrons. The van der Waals surface area contributed by atoms with Gasteiger partial charge in [0.1, 0.15) is 5.76 Å². The van der Waals surface area contributed by atoms with Crippen LogP contribution in [0.2, 0.25) is 0 Å². The lowest BCUT2D eigenvalue weighted by molar-refractivity contribution is -0.140. The highest BCUT2D eigenvalue weighted by atomic mass is 16.3. The molecule has 0 radical (unpaired) electrons. The summed E-state index contributed by atoms with van der Waals surface area (Å²) in [4.78, 5) is 27.7. The standard InChI is InChI=1S/C27H27NO4/c1-18(2)20-11-10-19(3)21(15-20)17-28-25-9-5-4-8-24(25)27(31,26(28)30)16-22(29)12-13-23-7-6-14-32-23/h4-15,18,31H,16-17H2,1-3H3/b13-12+/t27-/m0/s1. The molecule has 1 aromatic heterocycles. The Morgan fingerprint density at radius 2 is 1.94 bits per heavy atom. The van der Waals surface area contributed by atoms with Crippen LogP contribution in [0.25, 0.3) is 6.08 Å². The van der Waals surface area contributed by atoms with Crippen LogP contribution in [0.3, 0.4) is 0 Å². The smallest absolute Gasteiger partial charge is 0.264 e. The molecule has 1 amide bonds. The summed E-state index contributed by atoms with van der Waals surface area (Å²) in [7, 11) is 0. The molecule has 1 aliphatic rings. The largest absolute Gasteiger partial charge is 0.465 e. The van der Waals surface area contributed by atoms with Gasteiger partial charge in [-0.25, -0.2) is 0 Å². The van der Waals surface area contributed by atoms with E-state index in [1.165, 1.54) is 24.0 Å². The molecule has 0 spiro atoms. The molecule has 0 bridgehead atoms. The minimum Gasteiger partial charge on any atom is -0.465 e. The van der Waals surface area contributed by atoms with Crippen molar-refractivity contribution in [3.63, 3.8) is 0 Å². The van der Waals surface area contributed by atoms with Gasteiger partial charge in [0.2, 0.25) is 0 Å². The number of aryl methyl sites for hydroxylation is 1. The van der Waals surface area contributed by atoms with Crippen molar-refractivity contribution in [2.45, 2.75) is 45.3 Å². The van der Waals surface area contributed by atoms with Crippen LogP contribution in [0.4, 0.5) is 5.69 Å². The summed E-state index contributed by atoms with van der Waals surface area (Å²) in [5.74, 6) is 0.0664. The Kier molecular flexibility index (Phi) is 5.85. The van der Waals surface area contributed by atoms with Gasteiger partial charge in [-0.3, -0.25) is 9.59 Å². The second-order valence-corrected chi connectivity index (χ2v) is 8.60. The highest BCUT2D eigenvalue weighted by Crippen LogP contribution is 2.43. The van der Waals surface area contributed by atoms with Crippen LogP contribution in [0.1, 0.15) is 54.2 Å². The quantitative estimate of drug-likeness (QED) is 0.529. The Hall–Kier alpha value is -3.44. The molecular weight excluding hydrogens is 402 g/mol. The molecule has 0 fully saturated rings. The van der Waals surface area contributed by atoms with E-state index in [1.54, 1.807) is 29.2 Å². The zero-order valence-corrected chi connectivity index (χ0v) is 18.5. The second-order valence-electron chi connectivity index (χ2n) is 8.60. The maximum atomic E-state index is 13.5. The summed E-state index contributed by atoms with van der Waals surface area (Å²) in [6.45, 7) is 6.61. The molecule has 2 heterocycles. The Labute approximate surface area is 188 Å². The molecule has 0 saturated carbocycles. The minimum absolute atomic E-state index is 0.332. The Balaban J connectivity index is 1.63. The average molecular weight is 430 g/mol. The van der Waals surface area contributed by atoms with Crippen molar-refractivity contribution in [1.82, 2.24) is 0 Å². The zero-order valence-electron chi connectivity index (χ0n) is 18.5. The van der Waals surface area contributed by atoms with Crippen LogP contribution in [-0.4, -0.2) is 16.8 Å². The van der Waals surface area contributed by atoms with Crippen LogP contribution < -0.4 is 4.90 Å². The molecule has 0 unspecified atom stereocenters. The Morgan fingerprint density at radius 1 is 1.16 bits per heavy atom. The van der Waals surface area contributed by atoms with Crippen LogP contribution >= 0.6 is 0 Å². The molecule has 4 rings (SSSR count). The monoisotopic (exact) mass is 429 g/mol. The zero-order chi connectivity index (χ0) is 22.9. The third-order valence-corrected chi connectivity index (χ3v) is 6.01. The highest BCUT2D eigenvalue weighted by molar-refractivity contribution is 6.10. The predicted molar refractivity (Wildman–Crippen MR) is 124 cm³/mol. The summed E-state index contributed by atoms with van der Waals surface area (Å²) < 4.78 is 5.20. The number of nitrogens with zero attached hydrogens (tertiary/aromatic N) is 1. The van der Waals surface area contributed by atoms with E-state index in [1.807, 2.05) is 19.1 Å². The third kappa shape index (κ3) is 4.04. The van der Waals surface area contributed by atoms with Crippen molar-refractivity contribution in [2.75, 3.05) is 4.90 Å². The SMILES string of the molecule is Cc1ccc(C(C)C)cc1CN1C(=O)[C@](O)(CC(=O)/C=C/c2ccco2)c2ccccc21. The van der Waals surface area contributed by atoms with Crippen LogP contribution in [0.15, 0.2) is 71.4 Å². The fourth-order valence-electron chi connectivity index (χ4n) is 4.10. The molecule has 0 saturated heterocycles. The number of rotatable bonds is 7. The minimum atomic E-state index is -1.90. The topological polar surface area (TPSA) is 70.8 Å². The normalized spacial score (nSPS) is 18.0. The molecule has 3 aromatic rings. The summed E-state index contributed by atoms with van der Waals surface area (Å²) in [5.41, 5.74) is 2.49. The Morgan fingerprint density at radius 3 is 2.66 bits per heavy atom. The number of benzene rings is 2. The van der Waals surface area contributed by atoms with E-state index in [0.717, 1.165) is 11.1 Å². The van der Waals surface area contributed by atoms with Gasteiger partial charge in [-0.2, -0.15) is 0 Å². The number of fused-ring (bicyclic) bond motifs is 1. The second kappa shape index (κ2) is 8.60. The van der Waals surface area contributed by atoms with Crippen molar-refractivity contribution < 1.29 is 19.1 Å². The van der Waals surface area contributed by atoms with Gasteiger partial charge >= 0.3 is 0 Å². The summed E-state index contributed by atoms with van der Waals surface area (Å²) in [5, 5.41) is 11.4. The van der Waals surface area contributed by atoms with E-state index in [9.17, 15) is 14.7 Å². The van der Waals surface area contributed by atoms with E-state index < -0.39 is 11.5 Å². The van der Waals surface area contributed by atoms with E-state index in [-0.39, 0.29) is 12.2 Å². The number of furan rings is 1.